The SMILES string of the molecule is COC1CCN(C(=O)O)C(N)C1. The summed E-state index contributed by atoms with van der Waals surface area (Å²) in [5.74, 6) is 0. The molecule has 3 N–H and O–H groups in total. The molecule has 0 aromatic carbocycles. The number of rotatable bonds is 1. The van der Waals surface area contributed by atoms with Gasteiger partial charge in [-0.05, 0) is 6.42 Å². The molecule has 1 amide bonds. The summed E-state index contributed by atoms with van der Waals surface area (Å²) in [4.78, 5) is 11.8. The number of methoxy groups -OCH3 is 1. The van der Waals surface area contributed by atoms with E-state index in [1.54, 1.807) is 7.11 Å². The third kappa shape index (κ3) is 1.86. The topological polar surface area (TPSA) is 75.8 Å². The predicted octanol–water partition coefficient (Wildman–Crippen LogP) is 0.0600. The Bertz CT molecular complexity index is 174. The lowest BCUT2D eigenvalue weighted by atomic mass is 10.1. The fourth-order valence-electron chi connectivity index (χ4n) is 1.41. The Morgan fingerprint density at radius 1 is 1.75 bits per heavy atom. The number of amides is 1. The largest absolute Gasteiger partial charge is 0.465 e. The molecule has 1 aliphatic heterocycles. The predicted molar refractivity (Wildman–Crippen MR) is 42.7 cm³/mol. The molecule has 5 nitrogen and oxygen atoms in total. The van der Waals surface area contributed by atoms with Crippen molar-refractivity contribution in [2.24, 2.45) is 5.73 Å². The maximum absolute atomic E-state index is 10.6. The van der Waals surface area contributed by atoms with Gasteiger partial charge in [0.1, 0.15) is 0 Å². The first kappa shape index (κ1) is 9.28. The molecule has 2 unspecified atom stereocenters. The average Bonchev–Trinajstić information content (AvgIpc) is 2.03. The van der Waals surface area contributed by atoms with E-state index in [-0.39, 0.29) is 6.10 Å². The van der Waals surface area contributed by atoms with Gasteiger partial charge >= 0.3 is 6.09 Å². The number of likely N-dealkylation sites (tertiary alicyclic amines) is 1. The van der Waals surface area contributed by atoms with Crippen LogP contribution in [0.3, 0.4) is 0 Å². The van der Waals surface area contributed by atoms with Crippen molar-refractivity contribution in [2.75, 3.05) is 13.7 Å². The fraction of sp³-hybridized carbons (Fsp3) is 0.857. The number of hydrogen-bond acceptors (Lipinski definition) is 3. The van der Waals surface area contributed by atoms with Crippen LogP contribution in [0.25, 0.3) is 0 Å². The van der Waals surface area contributed by atoms with E-state index in [2.05, 4.69) is 0 Å². The van der Waals surface area contributed by atoms with E-state index in [4.69, 9.17) is 15.6 Å². The molecule has 0 aliphatic carbocycles. The minimum Gasteiger partial charge on any atom is -0.465 e. The Morgan fingerprint density at radius 2 is 2.42 bits per heavy atom. The maximum Gasteiger partial charge on any atom is 0.408 e. The summed E-state index contributed by atoms with van der Waals surface area (Å²) in [6, 6.07) is 0. The van der Waals surface area contributed by atoms with Crippen LogP contribution in [0.15, 0.2) is 0 Å². The van der Waals surface area contributed by atoms with E-state index < -0.39 is 12.3 Å². The summed E-state index contributed by atoms with van der Waals surface area (Å²) in [5.41, 5.74) is 5.61. The smallest absolute Gasteiger partial charge is 0.408 e. The summed E-state index contributed by atoms with van der Waals surface area (Å²) in [6.07, 6.45) is 0.0631. The molecule has 1 heterocycles. The molecule has 1 saturated heterocycles. The summed E-state index contributed by atoms with van der Waals surface area (Å²) in [6.45, 7) is 0.467. The third-order valence-electron chi connectivity index (χ3n) is 2.18. The van der Waals surface area contributed by atoms with Crippen LogP contribution in [-0.4, -0.2) is 42.0 Å². The lowest BCUT2D eigenvalue weighted by Gasteiger charge is -2.34. The van der Waals surface area contributed by atoms with Crippen molar-refractivity contribution in [1.82, 2.24) is 4.90 Å². The molecular weight excluding hydrogens is 160 g/mol. The number of carbonyl (C=O) groups is 1. The van der Waals surface area contributed by atoms with Crippen molar-refractivity contribution in [3.63, 3.8) is 0 Å². The van der Waals surface area contributed by atoms with E-state index >= 15 is 0 Å². The number of ether oxygens (including phenoxy) is 1. The Hall–Kier alpha value is -0.810. The van der Waals surface area contributed by atoms with Crippen molar-refractivity contribution in [3.8, 4) is 0 Å². The number of piperidine rings is 1. The minimum absolute atomic E-state index is 0.107. The molecule has 1 aliphatic rings. The molecule has 12 heavy (non-hydrogen) atoms. The molecular formula is C7H14N2O3. The van der Waals surface area contributed by atoms with Crippen molar-refractivity contribution in [2.45, 2.75) is 25.1 Å². The van der Waals surface area contributed by atoms with Crippen molar-refractivity contribution in [3.05, 3.63) is 0 Å². The van der Waals surface area contributed by atoms with Gasteiger partial charge in [-0.2, -0.15) is 0 Å². The zero-order valence-electron chi connectivity index (χ0n) is 7.06. The zero-order valence-corrected chi connectivity index (χ0v) is 7.06. The van der Waals surface area contributed by atoms with Gasteiger partial charge in [0, 0.05) is 20.1 Å². The van der Waals surface area contributed by atoms with E-state index in [1.807, 2.05) is 0 Å². The lowest BCUT2D eigenvalue weighted by molar-refractivity contribution is 0.0169. The van der Waals surface area contributed by atoms with E-state index in [1.165, 1.54) is 4.90 Å². The highest BCUT2D eigenvalue weighted by atomic mass is 16.5. The van der Waals surface area contributed by atoms with Gasteiger partial charge in [-0.25, -0.2) is 4.79 Å². The van der Waals surface area contributed by atoms with Gasteiger partial charge in [0.2, 0.25) is 0 Å². The van der Waals surface area contributed by atoms with Crippen molar-refractivity contribution >= 4 is 6.09 Å². The molecule has 70 valence electrons. The first-order chi connectivity index (χ1) is 5.65. The zero-order chi connectivity index (χ0) is 9.14. The number of hydrogen-bond donors (Lipinski definition) is 2. The van der Waals surface area contributed by atoms with Crippen molar-refractivity contribution < 1.29 is 14.6 Å². The Balaban J connectivity index is 2.47. The standard InChI is InChI=1S/C7H14N2O3/c1-12-5-2-3-9(7(10)11)6(8)4-5/h5-6H,2-4,8H2,1H3,(H,10,11). The molecule has 0 radical (unpaired) electrons. The molecule has 1 rings (SSSR count). The lowest BCUT2D eigenvalue weighted by Crippen LogP contribution is -2.51. The van der Waals surface area contributed by atoms with Gasteiger partial charge in [0.25, 0.3) is 0 Å². The van der Waals surface area contributed by atoms with Crippen LogP contribution in [0.1, 0.15) is 12.8 Å². The highest BCUT2D eigenvalue weighted by Crippen LogP contribution is 2.16. The minimum atomic E-state index is -0.947. The van der Waals surface area contributed by atoms with Crippen LogP contribution in [-0.2, 0) is 4.74 Å². The Kier molecular flexibility index (Phi) is 2.88. The molecule has 0 saturated carbocycles. The molecule has 0 bridgehead atoms. The van der Waals surface area contributed by atoms with Gasteiger partial charge in [-0.15, -0.1) is 0 Å². The van der Waals surface area contributed by atoms with Gasteiger partial charge in [-0.1, -0.05) is 0 Å². The molecule has 1 fully saturated rings. The van der Waals surface area contributed by atoms with Gasteiger partial charge in [0.15, 0.2) is 0 Å². The maximum atomic E-state index is 10.6. The van der Waals surface area contributed by atoms with Gasteiger partial charge < -0.3 is 15.6 Å². The fourth-order valence-corrected chi connectivity index (χ4v) is 1.41. The summed E-state index contributed by atoms with van der Waals surface area (Å²) in [5, 5.41) is 8.67. The van der Waals surface area contributed by atoms with Gasteiger partial charge in [0.05, 0.1) is 12.3 Å². The van der Waals surface area contributed by atoms with Crippen LogP contribution in [0.2, 0.25) is 0 Å². The van der Waals surface area contributed by atoms with Crippen LogP contribution in [0.4, 0.5) is 4.79 Å². The molecule has 0 aromatic heterocycles. The van der Waals surface area contributed by atoms with E-state index in [0.29, 0.717) is 13.0 Å². The first-order valence-corrected chi connectivity index (χ1v) is 3.93. The number of nitrogens with two attached hydrogens (primary N) is 1. The second kappa shape index (κ2) is 3.73. The normalized spacial score (nSPS) is 30.3. The van der Waals surface area contributed by atoms with Crippen molar-refractivity contribution in [1.29, 1.82) is 0 Å². The first-order valence-electron chi connectivity index (χ1n) is 3.93. The third-order valence-corrected chi connectivity index (χ3v) is 2.18. The van der Waals surface area contributed by atoms with E-state index in [9.17, 15) is 4.79 Å². The quantitative estimate of drug-likeness (QED) is 0.589. The summed E-state index contributed by atoms with van der Waals surface area (Å²) >= 11 is 0. The average molecular weight is 174 g/mol. The highest BCUT2D eigenvalue weighted by molar-refractivity contribution is 5.65. The summed E-state index contributed by atoms with van der Waals surface area (Å²) < 4.78 is 5.09. The number of carboxylic acid groups (broad SMARTS) is 1. The van der Waals surface area contributed by atoms with Crippen LogP contribution < -0.4 is 5.73 Å². The van der Waals surface area contributed by atoms with Gasteiger partial charge in [-0.3, -0.25) is 4.90 Å². The highest BCUT2D eigenvalue weighted by Gasteiger charge is 2.28. The molecule has 0 spiro atoms. The second-order valence-electron chi connectivity index (χ2n) is 2.93. The molecule has 2 atom stereocenters. The Labute approximate surface area is 71.1 Å². The second-order valence-corrected chi connectivity index (χ2v) is 2.93. The molecule has 5 heteroatoms. The summed E-state index contributed by atoms with van der Waals surface area (Å²) in [7, 11) is 1.62. The van der Waals surface area contributed by atoms with Crippen LogP contribution in [0.5, 0.6) is 0 Å². The Morgan fingerprint density at radius 3 is 2.83 bits per heavy atom. The van der Waals surface area contributed by atoms with Crippen LogP contribution in [0, 0.1) is 0 Å². The van der Waals surface area contributed by atoms with Crippen LogP contribution >= 0.6 is 0 Å². The number of nitrogens with zero attached hydrogens (tertiary/aromatic N) is 1. The molecule has 0 aromatic rings. The monoisotopic (exact) mass is 174 g/mol. The van der Waals surface area contributed by atoms with E-state index in [0.717, 1.165) is 6.42 Å².